The van der Waals surface area contributed by atoms with Gasteiger partial charge in [0.25, 0.3) is 5.91 Å². The molecule has 0 saturated carbocycles. The molecule has 0 N–H and O–H groups in total. The van der Waals surface area contributed by atoms with Crippen LogP contribution in [-0.4, -0.2) is 23.6 Å². The molecule has 0 bridgehead atoms. The van der Waals surface area contributed by atoms with Crippen molar-refractivity contribution in [3.05, 3.63) is 40.8 Å². The molecule has 0 radical (unpaired) electrons. The molecular weight excluding hydrogens is 218 g/mol. The number of carbonyl (C=O) groups excluding carboxylic acids is 1. The van der Waals surface area contributed by atoms with Crippen LogP contribution in [-0.2, 0) is 0 Å². The molecule has 0 atom stereocenters. The predicted molar refractivity (Wildman–Crippen MR) is 69.3 cm³/mol. The van der Waals surface area contributed by atoms with Crippen LogP contribution in [0.4, 0.5) is 0 Å². The van der Waals surface area contributed by atoms with Crippen LogP contribution in [0.3, 0.4) is 0 Å². The molecule has 0 saturated heterocycles. The van der Waals surface area contributed by atoms with Crippen LogP contribution >= 0.6 is 11.8 Å². The minimum Gasteiger partial charge on any atom is -0.310 e. The number of carbonyl (C=O) groups is 1. The van der Waals surface area contributed by atoms with E-state index in [1.54, 1.807) is 16.7 Å². The first-order valence-electron chi connectivity index (χ1n) is 5.45. The Morgan fingerprint density at radius 2 is 2.00 bits per heavy atom. The third-order valence-corrected chi connectivity index (χ3v) is 3.65. The maximum atomic E-state index is 11.9. The Morgan fingerprint density at radius 1 is 1.31 bits per heavy atom. The highest BCUT2D eigenvalue weighted by molar-refractivity contribution is 8.02. The Labute approximate surface area is 100 Å². The molecule has 0 aliphatic carbocycles. The summed E-state index contributed by atoms with van der Waals surface area (Å²) < 4.78 is 0. The third kappa shape index (κ3) is 1.87. The number of benzene rings is 1. The molecule has 0 unspecified atom stereocenters. The Balaban J connectivity index is 2.33. The van der Waals surface area contributed by atoms with Gasteiger partial charge in [0.1, 0.15) is 0 Å². The second kappa shape index (κ2) is 4.74. The molecule has 1 aliphatic rings. The molecule has 1 aromatic carbocycles. The van der Waals surface area contributed by atoms with E-state index in [9.17, 15) is 4.79 Å². The summed E-state index contributed by atoms with van der Waals surface area (Å²) >= 11 is 1.76. The van der Waals surface area contributed by atoms with Gasteiger partial charge >= 0.3 is 0 Å². The van der Waals surface area contributed by atoms with Gasteiger partial charge in [-0.1, -0.05) is 25.1 Å². The monoisotopic (exact) mass is 233 g/mol. The highest BCUT2D eigenvalue weighted by Gasteiger charge is 2.28. The first-order valence-corrected chi connectivity index (χ1v) is 6.49. The van der Waals surface area contributed by atoms with Crippen molar-refractivity contribution < 1.29 is 4.79 Å². The van der Waals surface area contributed by atoms with E-state index in [1.807, 2.05) is 31.3 Å². The van der Waals surface area contributed by atoms with Crippen molar-refractivity contribution >= 4 is 23.4 Å². The van der Waals surface area contributed by atoms with E-state index in [2.05, 4.69) is 12.3 Å². The lowest BCUT2D eigenvalue weighted by Gasteiger charge is -2.10. The van der Waals surface area contributed by atoms with Crippen LogP contribution < -0.4 is 0 Å². The molecule has 0 fully saturated rings. The van der Waals surface area contributed by atoms with Gasteiger partial charge in [0, 0.05) is 18.2 Å². The molecule has 0 aromatic heterocycles. The summed E-state index contributed by atoms with van der Waals surface area (Å²) in [6.45, 7) is 2.16. The van der Waals surface area contributed by atoms with Gasteiger partial charge in [-0.3, -0.25) is 4.79 Å². The standard InChI is InChI=1S/C13H15NOS/c1-3-8-16-9-12-10-6-4-5-7-11(10)13(15)14(12)2/h4-7,9H,3,8H2,1-2H3/b12-9-. The summed E-state index contributed by atoms with van der Waals surface area (Å²) in [6, 6.07) is 7.78. The largest absolute Gasteiger partial charge is 0.310 e. The van der Waals surface area contributed by atoms with Gasteiger partial charge in [-0.25, -0.2) is 0 Å². The molecule has 1 amide bonds. The fraction of sp³-hybridized carbons (Fsp3) is 0.308. The Kier molecular flexibility index (Phi) is 3.34. The van der Waals surface area contributed by atoms with Gasteiger partial charge in [0.15, 0.2) is 0 Å². The lowest BCUT2D eigenvalue weighted by Crippen LogP contribution is -2.16. The summed E-state index contributed by atoms with van der Waals surface area (Å²) in [6.07, 6.45) is 1.15. The summed E-state index contributed by atoms with van der Waals surface area (Å²) in [7, 11) is 1.83. The summed E-state index contributed by atoms with van der Waals surface area (Å²) in [5, 5.41) is 2.09. The number of fused-ring (bicyclic) bond motifs is 1. The smallest absolute Gasteiger partial charge is 0.258 e. The van der Waals surface area contributed by atoms with E-state index in [-0.39, 0.29) is 5.91 Å². The fourth-order valence-electron chi connectivity index (χ4n) is 1.76. The lowest BCUT2D eigenvalue weighted by atomic mass is 10.1. The number of hydrogen-bond donors (Lipinski definition) is 0. The van der Waals surface area contributed by atoms with E-state index in [1.165, 1.54) is 0 Å². The number of hydrogen-bond acceptors (Lipinski definition) is 2. The highest BCUT2D eigenvalue weighted by Crippen LogP contribution is 2.32. The van der Waals surface area contributed by atoms with E-state index in [4.69, 9.17) is 0 Å². The van der Waals surface area contributed by atoms with Crippen molar-refractivity contribution in [2.45, 2.75) is 13.3 Å². The number of thioether (sulfide) groups is 1. The van der Waals surface area contributed by atoms with Crippen LogP contribution in [0.5, 0.6) is 0 Å². The van der Waals surface area contributed by atoms with Crippen LogP contribution in [0.25, 0.3) is 5.70 Å². The van der Waals surface area contributed by atoms with Gasteiger partial charge < -0.3 is 4.90 Å². The van der Waals surface area contributed by atoms with Gasteiger partial charge in [-0.05, 0) is 23.6 Å². The zero-order chi connectivity index (χ0) is 11.5. The molecule has 1 heterocycles. The third-order valence-electron chi connectivity index (χ3n) is 2.62. The fourth-order valence-corrected chi connectivity index (χ4v) is 2.56. The average Bonchev–Trinajstić information content (AvgIpc) is 2.55. The Hall–Kier alpha value is -1.22. The topological polar surface area (TPSA) is 20.3 Å². The average molecular weight is 233 g/mol. The SMILES string of the molecule is CCCS/C=C1/c2ccccc2C(=O)N1C. The van der Waals surface area contributed by atoms with Crippen molar-refractivity contribution in [2.24, 2.45) is 0 Å². The summed E-state index contributed by atoms with van der Waals surface area (Å²) in [5.74, 6) is 1.19. The zero-order valence-corrected chi connectivity index (χ0v) is 10.4. The highest BCUT2D eigenvalue weighted by atomic mass is 32.2. The molecule has 1 aliphatic heterocycles. The van der Waals surface area contributed by atoms with Crippen molar-refractivity contribution in [2.75, 3.05) is 12.8 Å². The predicted octanol–water partition coefficient (Wildman–Crippen LogP) is 3.21. The number of rotatable bonds is 3. The minimum atomic E-state index is 0.0962. The second-order valence-corrected chi connectivity index (χ2v) is 4.76. The van der Waals surface area contributed by atoms with Crippen molar-refractivity contribution in [1.29, 1.82) is 0 Å². The van der Waals surface area contributed by atoms with Crippen LogP contribution in [0.2, 0.25) is 0 Å². The number of amides is 1. The van der Waals surface area contributed by atoms with Crippen molar-refractivity contribution in [1.82, 2.24) is 4.90 Å². The normalized spacial score (nSPS) is 17.0. The Bertz CT molecular complexity index is 439. The van der Waals surface area contributed by atoms with Crippen molar-refractivity contribution in [3.8, 4) is 0 Å². The van der Waals surface area contributed by atoms with Gasteiger partial charge in [-0.2, -0.15) is 0 Å². The first-order chi connectivity index (χ1) is 7.75. The minimum absolute atomic E-state index is 0.0962. The molecule has 2 rings (SSSR count). The van der Waals surface area contributed by atoms with Gasteiger partial charge in [0.05, 0.1) is 5.70 Å². The second-order valence-electron chi connectivity index (χ2n) is 3.78. The van der Waals surface area contributed by atoms with Crippen LogP contribution in [0.15, 0.2) is 29.7 Å². The van der Waals surface area contributed by atoms with Gasteiger partial charge in [0.2, 0.25) is 0 Å². The van der Waals surface area contributed by atoms with Crippen LogP contribution in [0.1, 0.15) is 29.3 Å². The molecule has 3 heteroatoms. The quantitative estimate of drug-likeness (QED) is 0.747. The van der Waals surface area contributed by atoms with E-state index >= 15 is 0 Å². The summed E-state index contributed by atoms with van der Waals surface area (Å²) in [5.41, 5.74) is 2.89. The van der Waals surface area contributed by atoms with Gasteiger partial charge in [-0.15, -0.1) is 11.8 Å². The first kappa shape index (κ1) is 11.3. The van der Waals surface area contributed by atoms with E-state index < -0.39 is 0 Å². The maximum Gasteiger partial charge on any atom is 0.258 e. The molecule has 2 nitrogen and oxygen atoms in total. The number of nitrogens with zero attached hydrogens (tertiary/aromatic N) is 1. The lowest BCUT2D eigenvalue weighted by molar-refractivity contribution is 0.0875. The Morgan fingerprint density at radius 3 is 2.69 bits per heavy atom. The van der Waals surface area contributed by atoms with Crippen molar-refractivity contribution in [3.63, 3.8) is 0 Å². The maximum absolute atomic E-state index is 11.9. The van der Waals surface area contributed by atoms with E-state index in [0.717, 1.165) is 29.0 Å². The molecule has 84 valence electrons. The summed E-state index contributed by atoms with van der Waals surface area (Å²) in [4.78, 5) is 13.6. The van der Waals surface area contributed by atoms with Crippen LogP contribution in [0, 0.1) is 0 Å². The zero-order valence-electron chi connectivity index (χ0n) is 9.56. The van der Waals surface area contributed by atoms with E-state index in [0.29, 0.717) is 0 Å². The molecular formula is C13H15NOS. The molecule has 0 spiro atoms. The molecule has 16 heavy (non-hydrogen) atoms. The molecule has 1 aromatic rings.